The van der Waals surface area contributed by atoms with Crippen molar-refractivity contribution in [3.8, 4) is 0 Å². The van der Waals surface area contributed by atoms with Crippen LogP contribution in [0.5, 0.6) is 0 Å². The summed E-state index contributed by atoms with van der Waals surface area (Å²) in [6.45, 7) is 6.27. The lowest BCUT2D eigenvalue weighted by molar-refractivity contribution is 0.0953. The maximum absolute atomic E-state index is 11.9. The predicted molar refractivity (Wildman–Crippen MR) is 76.2 cm³/mol. The number of hydrogen-bond acceptors (Lipinski definition) is 3. The lowest BCUT2D eigenvalue weighted by Crippen LogP contribution is -2.31. The lowest BCUT2D eigenvalue weighted by atomic mass is 9.91. The minimum absolute atomic E-state index is 0.133. The molecule has 1 aromatic rings. The molecule has 1 atom stereocenters. The first-order chi connectivity index (χ1) is 9.20. The van der Waals surface area contributed by atoms with E-state index in [1.165, 1.54) is 18.4 Å². The van der Waals surface area contributed by atoms with Gasteiger partial charge in [-0.3, -0.25) is 9.78 Å². The van der Waals surface area contributed by atoms with Crippen LogP contribution in [0.4, 0.5) is 0 Å². The number of hydrogen-bond donors (Lipinski definition) is 1. The van der Waals surface area contributed by atoms with Crippen LogP contribution in [-0.4, -0.2) is 42.5 Å². The highest BCUT2D eigenvalue weighted by Crippen LogP contribution is 2.26. The van der Waals surface area contributed by atoms with Gasteiger partial charge in [0.25, 0.3) is 5.91 Å². The van der Waals surface area contributed by atoms with Crippen LogP contribution in [0.3, 0.4) is 0 Å². The summed E-state index contributed by atoms with van der Waals surface area (Å²) in [6.07, 6.45) is 5.79. The number of aromatic nitrogens is 1. The molecule has 0 bridgehead atoms. The van der Waals surface area contributed by atoms with Crippen LogP contribution in [0.1, 0.15) is 34.8 Å². The molecule has 1 saturated heterocycles. The normalized spacial score (nSPS) is 19.9. The fourth-order valence-corrected chi connectivity index (χ4v) is 2.52. The number of amides is 1. The minimum atomic E-state index is -0.133. The van der Waals surface area contributed by atoms with Crippen molar-refractivity contribution in [3.05, 3.63) is 42.2 Å². The van der Waals surface area contributed by atoms with E-state index in [1.54, 1.807) is 12.3 Å². The second-order valence-corrected chi connectivity index (χ2v) is 5.07. The Balaban J connectivity index is 2.10. The summed E-state index contributed by atoms with van der Waals surface area (Å²) in [4.78, 5) is 18.4. The van der Waals surface area contributed by atoms with E-state index < -0.39 is 0 Å². The smallest absolute Gasteiger partial charge is 0.270 e. The van der Waals surface area contributed by atoms with E-state index in [2.05, 4.69) is 28.8 Å². The number of pyridine rings is 1. The van der Waals surface area contributed by atoms with Gasteiger partial charge in [0.15, 0.2) is 0 Å². The van der Waals surface area contributed by atoms with Gasteiger partial charge in [0.1, 0.15) is 5.69 Å². The van der Waals surface area contributed by atoms with Gasteiger partial charge in [-0.2, -0.15) is 0 Å². The summed E-state index contributed by atoms with van der Waals surface area (Å²) in [5.74, 6) is 0.374. The molecular formula is C15H21N3O. The molecule has 1 aliphatic rings. The van der Waals surface area contributed by atoms with Crippen molar-refractivity contribution in [1.29, 1.82) is 0 Å². The number of nitrogens with zero attached hydrogens (tertiary/aromatic N) is 2. The van der Waals surface area contributed by atoms with Crippen LogP contribution >= 0.6 is 0 Å². The maximum Gasteiger partial charge on any atom is 0.270 e. The molecule has 102 valence electrons. The van der Waals surface area contributed by atoms with Gasteiger partial charge in [0, 0.05) is 19.3 Å². The minimum Gasteiger partial charge on any atom is -0.347 e. The lowest BCUT2D eigenvalue weighted by Gasteiger charge is -2.30. The molecule has 1 unspecified atom stereocenters. The Morgan fingerprint density at radius 2 is 2.53 bits per heavy atom. The number of carbonyl (C=O) groups is 1. The van der Waals surface area contributed by atoms with Crippen LogP contribution in [0.2, 0.25) is 0 Å². The van der Waals surface area contributed by atoms with Crippen LogP contribution in [-0.2, 0) is 0 Å². The van der Waals surface area contributed by atoms with E-state index in [1.807, 2.05) is 12.1 Å². The molecule has 19 heavy (non-hydrogen) atoms. The molecule has 4 heteroatoms. The zero-order valence-electron chi connectivity index (χ0n) is 11.4. The Morgan fingerprint density at radius 3 is 3.26 bits per heavy atom. The average molecular weight is 259 g/mol. The molecule has 1 aliphatic heterocycles. The third kappa shape index (κ3) is 3.64. The number of likely N-dealkylation sites (tertiary alicyclic amines) is 1. The maximum atomic E-state index is 11.9. The SMILES string of the molecule is C=CCNC(=O)c1cc(C2CCCN(C)C2)ccn1. The molecule has 1 fully saturated rings. The second kappa shape index (κ2) is 6.48. The fourth-order valence-electron chi connectivity index (χ4n) is 2.52. The first-order valence-corrected chi connectivity index (χ1v) is 6.74. The van der Waals surface area contributed by atoms with Gasteiger partial charge >= 0.3 is 0 Å². The third-order valence-electron chi connectivity index (χ3n) is 3.52. The van der Waals surface area contributed by atoms with E-state index in [9.17, 15) is 4.79 Å². The second-order valence-electron chi connectivity index (χ2n) is 5.07. The molecule has 0 radical (unpaired) electrons. The molecule has 0 saturated carbocycles. The topological polar surface area (TPSA) is 45.2 Å². The molecule has 0 aliphatic carbocycles. The molecule has 1 N–H and O–H groups in total. The predicted octanol–water partition coefficient (Wildman–Crippen LogP) is 1.81. The highest BCUT2D eigenvalue weighted by Gasteiger charge is 2.20. The van der Waals surface area contributed by atoms with Crippen LogP contribution < -0.4 is 5.32 Å². The van der Waals surface area contributed by atoms with Gasteiger partial charge in [-0.1, -0.05) is 6.08 Å². The standard InChI is InChI=1S/C15H21N3O/c1-3-7-17-15(19)14-10-12(6-8-16-14)13-5-4-9-18(2)11-13/h3,6,8,10,13H,1,4-5,7,9,11H2,2H3,(H,17,19). The highest BCUT2D eigenvalue weighted by molar-refractivity contribution is 5.92. The van der Waals surface area contributed by atoms with E-state index in [0.717, 1.165) is 13.1 Å². The van der Waals surface area contributed by atoms with Crippen molar-refractivity contribution in [2.45, 2.75) is 18.8 Å². The zero-order valence-corrected chi connectivity index (χ0v) is 11.4. The van der Waals surface area contributed by atoms with E-state index in [4.69, 9.17) is 0 Å². The molecule has 1 aromatic heterocycles. The fraction of sp³-hybridized carbons (Fsp3) is 0.467. The highest BCUT2D eigenvalue weighted by atomic mass is 16.1. The van der Waals surface area contributed by atoms with Crippen molar-refractivity contribution in [3.63, 3.8) is 0 Å². The quantitative estimate of drug-likeness (QED) is 0.839. The molecule has 2 rings (SSSR count). The largest absolute Gasteiger partial charge is 0.347 e. The summed E-state index contributed by atoms with van der Waals surface area (Å²) >= 11 is 0. The Morgan fingerprint density at radius 1 is 1.68 bits per heavy atom. The summed E-state index contributed by atoms with van der Waals surface area (Å²) in [5, 5.41) is 2.76. The first kappa shape index (κ1) is 13.7. The van der Waals surface area contributed by atoms with Gasteiger partial charge in [-0.15, -0.1) is 6.58 Å². The van der Waals surface area contributed by atoms with Crippen molar-refractivity contribution in [1.82, 2.24) is 15.2 Å². The summed E-state index contributed by atoms with van der Waals surface area (Å²) in [6, 6.07) is 3.94. The Bertz CT molecular complexity index is 458. The van der Waals surface area contributed by atoms with E-state index >= 15 is 0 Å². The van der Waals surface area contributed by atoms with Gasteiger partial charge in [-0.25, -0.2) is 0 Å². The van der Waals surface area contributed by atoms with Crippen molar-refractivity contribution in [2.75, 3.05) is 26.7 Å². The van der Waals surface area contributed by atoms with Gasteiger partial charge in [-0.05, 0) is 50.0 Å². The monoisotopic (exact) mass is 259 g/mol. The average Bonchev–Trinajstić information content (AvgIpc) is 2.45. The molecule has 1 amide bonds. The van der Waals surface area contributed by atoms with Crippen molar-refractivity contribution in [2.24, 2.45) is 0 Å². The number of likely N-dealkylation sites (N-methyl/N-ethyl adjacent to an activating group) is 1. The zero-order chi connectivity index (χ0) is 13.7. The van der Waals surface area contributed by atoms with Crippen LogP contribution in [0.15, 0.2) is 31.0 Å². The van der Waals surface area contributed by atoms with Gasteiger partial charge in [0.05, 0.1) is 0 Å². The number of carbonyl (C=O) groups excluding carboxylic acids is 1. The van der Waals surface area contributed by atoms with E-state index in [0.29, 0.717) is 18.2 Å². The Labute approximate surface area is 114 Å². The van der Waals surface area contributed by atoms with Crippen molar-refractivity contribution < 1.29 is 4.79 Å². The Kier molecular flexibility index (Phi) is 4.68. The molecule has 4 nitrogen and oxygen atoms in total. The molecule has 0 aromatic carbocycles. The Hall–Kier alpha value is -1.68. The van der Waals surface area contributed by atoms with E-state index in [-0.39, 0.29) is 5.91 Å². The van der Waals surface area contributed by atoms with Crippen molar-refractivity contribution >= 4 is 5.91 Å². The summed E-state index contributed by atoms with van der Waals surface area (Å²) < 4.78 is 0. The summed E-state index contributed by atoms with van der Waals surface area (Å²) in [5.41, 5.74) is 1.71. The number of nitrogens with one attached hydrogen (secondary N) is 1. The molecular weight excluding hydrogens is 238 g/mol. The molecule has 0 spiro atoms. The van der Waals surface area contributed by atoms with Gasteiger partial charge in [0.2, 0.25) is 0 Å². The van der Waals surface area contributed by atoms with Crippen LogP contribution in [0, 0.1) is 0 Å². The first-order valence-electron chi connectivity index (χ1n) is 6.74. The number of rotatable bonds is 4. The summed E-state index contributed by atoms with van der Waals surface area (Å²) in [7, 11) is 2.14. The van der Waals surface area contributed by atoms with Crippen LogP contribution in [0.25, 0.3) is 0 Å². The number of piperidine rings is 1. The third-order valence-corrected chi connectivity index (χ3v) is 3.52. The van der Waals surface area contributed by atoms with Gasteiger partial charge < -0.3 is 10.2 Å². The molecule has 2 heterocycles.